The quantitative estimate of drug-likeness (QED) is 0.737. The largest absolute Gasteiger partial charge is 0.496 e. The molecule has 2 fully saturated rings. The Hall–Kier alpha value is -2.59. The number of hydrogen-bond acceptors (Lipinski definition) is 6. The molecule has 0 radical (unpaired) electrons. The van der Waals surface area contributed by atoms with Crippen LogP contribution in [0.5, 0.6) is 0 Å². The number of methoxy groups -OCH3 is 1. The first-order chi connectivity index (χ1) is 15.8. The van der Waals surface area contributed by atoms with Gasteiger partial charge in [0.25, 0.3) is 0 Å². The van der Waals surface area contributed by atoms with Crippen molar-refractivity contribution in [3.63, 3.8) is 0 Å². The minimum Gasteiger partial charge on any atom is -0.496 e. The fourth-order valence-corrected chi connectivity index (χ4v) is 5.05. The molecule has 4 aliphatic rings. The van der Waals surface area contributed by atoms with Gasteiger partial charge in [-0.3, -0.25) is 9.78 Å². The van der Waals surface area contributed by atoms with E-state index < -0.39 is 17.2 Å². The molecular formula is C23H26F3N3O4. The van der Waals surface area contributed by atoms with Crippen LogP contribution in [0.25, 0.3) is 0 Å². The maximum absolute atomic E-state index is 13.7. The van der Waals surface area contributed by atoms with Crippen LogP contribution in [0.15, 0.2) is 35.9 Å². The number of hydrogen-bond donors (Lipinski definition) is 1. The van der Waals surface area contributed by atoms with Crippen LogP contribution in [0.2, 0.25) is 0 Å². The average molecular weight is 465 g/mol. The Kier molecular flexibility index (Phi) is 5.60. The van der Waals surface area contributed by atoms with Crippen LogP contribution in [0, 0.1) is 5.41 Å². The second kappa shape index (κ2) is 8.32. The third kappa shape index (κ3) is 3.99. The van der Waals surface area contributed by atoms with E-state index in [1.54, 1.807) is 12.0 Å². The lowest BCUT2D eigenvalue weighted by atomic mass is 9.84. The van der Waals surface area contributed by atoms with E-state index in [9.17, 15) is 18.0 Å². The summed E-state index contributed by atoms with van der Waals surface area (Å²) in [5, 5.41) is 3.46. The Morgan fingerprint density at radius 2 is 2.21 bits per heavy atom. The molecule has 1 aromatic heterocycles. The molecule has 0 aromatic carbocycles. The SMILES string of the molecule is CO[C@H]1COCC[C@H]1NC1=C[C@@]2(C(=O)N3CCc4ncc(C(F)(F)F)cc4C3)CCOC2=C1. The molecule has 7 nitrogen and oxygen atoms in total. The van der Waals surface area contributed by atoms with Gasteiger partial charge >= 0.3 is 6.18 Å². The molecule has 0 saturated carbocycles. The topological polar surface area (TPSA) is 72.9 Å². The minimum atomic E-state index is -4.47. The lowest BCUT2D eigenvalue weighted by molar-refractivity contribution is -0.138. The summed E-state index contributed by atoms with van der Waals surface area (Å²) in [5.74, 6) is 0.436. The number of alkyl halides is 3. The van der Waals surface area contributed by atoms with Crippen LogP contribution in [0.4, 0.5) is 13.2 Å². The minimum absolute atomic E-state index is 0.0477. The highest BCUT2D eigenvalue weighted by molar-refractivity contribution is 5.89. The number of fused-ring (bicyclic) bond motifs is 2. The summed E-state index contributed by atoms with van der Waals surface area (Å²) in [7, 11) is 1.64. The first kappa shape index (κ1) is 22.2. The number of aromatic nitrogens is 1. The zero-order valence-corrected chi connectivity index (χ0v) is 18.3. The Morgan fingerprint density at radius 3 is 3.00 bits per heavy atom. The summed E-state index contributed by atoms with van der Waals surface area (Å²) in [6.45, 7) is 2.05. The third-order valence-electron chi connectivity index (χ3n) is 6.88. The van der Waals surface area contributed by atoms with Crippen molar-refractivity contribution in [1.82, 2.24) is 15.2 Å². The van der Waals surface area contributed by atoms with Gasteiger partial charge in [0.1, 0.15) is 17.3 Å². The number of amides is 1. The first-order valence-electron chi connectivity index (χ1n) is 11.1. The van der Waals surface area contributed by atoms with E-state index >= 15 is 0 Å². The highest BCUT2D eigenvalue weighted by atomic mass is 19.4. The molecule has 0 spiro atoms. The monoisotopic (exact) mass is 465 g/mol. The first-order valence-corrected chi connectivity index (χ1v) is 11.1. The van der Waals surface area contributed by atoms with Gasteiger partial charge < -0.3 is 24.4 Å². The van der Waals surface area contributed by atoms with E-state index in [0.717, 1.165) is 24.4 Å². The Labute approximate surface area is 189 Å². The summed E-state index contributed by atoms with van der Waals surface area (Å²) >= 11 is 0. The van der Waals surface area contributed by atoms with Gasteiger partial charge in [0.05, 0.1) is 24.8 Å². The maximum Gasteiger partial charge on any atom is 0.417 e. The zero-order chi connectivity index (χ0) is 23.2. The van der Waals surface area contributed by atoms with E-state index in [4.69, 9.17) is 14.2 Å². The van der Waals surface area contributed by atoms with Crippen LogP contribution < -0.4 is 5.32 Å². The summed E-state index contributed by atoms with van der Waals surface area (Å²) in [6, 6.07) is 1.15. The van der Waals surface area contributed by atoms with E-state index in [2.05, 4.69) is 10.3 Å². The number of carbonyl (C=O) groups is 1. The Bertz CT molecular complexity index is 1010. The number of nitrogens with zero attached hydrogens (tertiary/aromatic N) is 2. The standard InChI is InChI=1S/C23H26F3N3O4/c1-31-19-13-32-6-3-18(19)28-16-9-20-22(10-16,4-7-33-20)21(30)29-5-2-17-14(12-29)8-15(11-27-17)23(24,25)26/h8-11,18-19,28H,2-7,12-13H2,1H3/t18-,19+,22+/m1/s1. The van der Waals surface area contributed by atoms with Crippen molar-refractivity contribution in [2.45, 2.75) is 44.1 Å². The molecule has 33 heavy (non-hydrogen) atoms. The second-order valence-corrected chi connectivity index (χ2v) is 8.87. The molecule has 5 rings (SSSR count). The van der Waals surface area contributed by atoms with Crippen LogP contribution in [0.3, 0.4) is 0 Å². The lowest BCUT2D eigenvalue weighted by Gasteiger charge is -2.34. The van der Waals surface area contributed by atoms with Crippen LogP contribution in [0.1, 0.15) is 29.7 Å². The summed E-state index contributed by atoms with van der Waals surface area (Å²) in [5.41, 5.74) is 0.122. The molecule has 1 N–H and O–H groups in total. The molecule has 2 saturated heterocycles. The van der Waals surface area contributed by atoms with Crippen LogP contribution >= 0.6 is 0 Å². The van der Waals surface area contributed by atoms with Crippen molar-refractivity contribution in [3.8, 4) is 0 Å². The lowest BCUT2D eigenvalue weighted by Crippen LogP contribution is -2.47. The molecule has 4 heterocycles. The van der Waals surface area contributed by atoms with Crippen molar-refractivity contribution in [1.29, 1.82) is 0 Å². The zero-order valence-electron chi connectivity index (χ0n) is 18.3. The van der Waals surface area contributed by atoms with Gasteiger partial charge in [0.15, 0.2) is 0 Å². The van der Waals surface area contributed by atoms with Gasteiger partial charge in [-0.2, -0.15) is 13.2 Å². The van der Waals surface area contributed by atoms with Crippen molar-refractivity contribution >= 4 is 5.91 Å². The molecule has 0 bridgehead atoms. The van der Waals surface area contributed by atoms with E-state index in [-0.39, 0.29) is 24.6 Å². The molecule has 3 atom stereocenters. The predicted molar refractivity (Wildman–Crippen MR) is 111 cm³/mol. The van der Waals surface area contributed by atoms with Gasteiger partial charge in [-0.1, -0.05) is 0 Å². The Morgan fingerprint density at radius 1 is 1.36 bits per heavy atom. The van der Waals surface area contributed by atoms with Crippen LogP contribution in [-0.4, -0.2) is 61.4 Å². The van der Waals surface area contributed by atoms with Crippen molar-refractivity contribution < 1.29 is 32.2 Å². The van der Waals surface area contributed by atoms with Crippen molar-refractivity contribution in [3.05, 3.63) is 52.7 Å². The molecule has 10 heteroatoms. The van der Waals surface area contributed by atoms with Gasteiger partial charge in [0.2, 0.25) is 5.91 Å². The van der Waals surface area contributed by atoms with Gasteiger partial charge in [-0.15, -0.1) is 0 Å². The molecule has 178 valence electrons. The summed E-state index contributed by atoms with van der Waals surface area (Å²) in [6.07, 6.45) is 1.74. The second-order valence-electron chi connectivity index (χ2n) is 8.87. The fourth-order valence-electron chi connectivity index (χ4n) is 5.05. The van der Waals surface area contributed by atoms with E-state index in [1.165, 1.54) is 0 Å². The number of pyridine rings is 1. The van der Waals surface area contributed by atoms with Crippen molar-refractivity contribution in [2.75, 3.05) is 33.5 Å². The molecule has 1 aliphatic carbocycles. The molecular weight excluding hydrogens is 439 g/mol. The smallest absolute Gasteiger partial charge is 0.417 e. The summed E-state index contributed by atoms with van der Waals surface area (Å²) in [4.78, 5) is 19.3. The number of carbonyl (C=O) groups excluding carboxylic acids is 1. The average Bonchev–Trinajstić information content (AvgIpc) is 3.35. The third-order valence-corrected chi connectivity index (χ3v) is 6.88. The molecule has 1 amide bonds. The van der Waals surface area contributed by atoms with Crippen molar-refractivity contribution in [2.24, 2.45) is 5.41 Å². The molecule has 0 unspecified atom stereocenters. The number of ether oxygens (including phenoxy) is 3. The van der Waals surface area contributed by atoms with Gasteiger partial charge in [0, 0.05) is 63.3 Å². The van der Waals surface area contributed by atoms with E-state index in [0.29, 0.717) is 56.2 Å². The number of halogens is 3. The van der Waals surface area contributed by atoms with Crippen LogP contribution in [-0.2, 0) is 38.1 Å². The maximum atomic E-state index is 13.7. The summed E-state index contributed by atoms with van der Waals surface area (Å²) < 4.78 is 56.2. The van der Waals surface area contributed by atoms with Gasteiger partial charge in [-0.05, 0) is 24.1 Å². The highest BCUT2D eigenvalue weighted by Gasteiger charge is 2.51. The number of rotatable bonds is 4. The van der Waals surface area contributed by atoms with E-state index in [1.807, 2.05) is 12.2 Å². The fraction of sp³-hybridized carbons (Fsp3) is 0.565. The predicted octanol–water partition coefficient (Wildman–Crippen LogP) is 2.57. The Balaban J connectivity index is 1.36. The number of allylic oxidation sites excluding steroid dienone is 1. The highest BCUT2D eigenvalue weighted by Crippen LogP contribution is 2.47. The normalized spacial score (nSPS) is 29.0. The molecule has 1 aromatic rings. The van der Waals surface area contributed by atoms with Gasteiger partial charge in [-0.25, -0.2) is 0 Å². The number of nitrogens with one attached hydrogen (secondary N) is 1. The molecule has 3 aliphatic heterocycles.